The number of pyridine rings is 1. The zero-order valence-electron chi connectivity index (χ0n) is 19.5. The van der Waals surface area contributed by atoms with Gasteiger partial charge < -0.3 is 0 Å². The smallest absolute Gasteiger partial charge is 0.253 e. The molecule has 10 heteroatoms. The number of carbonyl (C=O) groups excluding carboxylic acids is 1. The molecule has 0 aliphatic carbocycles. The molecule has 1 aliphatic rings. The van der Waals surface area contributed by atoms with E-state index in [1.165, 1.54) is 27.0 Å². The Morgan fingerprint density at radius 2 is 1.97 bits per heavy atom. The third-order valence-electron chi connectivity index (χ3n) is 6.33. The Morgan fingerprint density at radius 1 is 1.14 bits per heavy atom. The van der Waals surface area contributed by atoms with E-state index in [0.29, 0.717) is 18.1 Å². The molecule has 1 aromatic carbocycles. The number of rotatable bonds is 6. The zero-order valence-corrected chi connectivity index (χ0v) is 22.0. The van der Waals surface area contributed by atoms with Crippen molar-refractivity contribution in [3.05, 3.63) is 70.9 Å². The number of nitrogens with zero attached hydrogens (tertiary/aromatic N) is 4. The zero-order chi connectivity index (χ0) is 24.6. The maximum absolute atomic E-state index is 14.1. The van der Waals surface area contributed by atoms with Crippen LogP contribution in [0.25, 0.3) is 10.2 Å². The van der Waals surface area contributed by atoms with Crippen LogP contribution in [0.2, 0.25) is 0 Å². The number of sulfonamides is 1. The molecule has 182 valence electrons. The van der Waals surface area contributed by atoms with Crippen LogP contribution in [0.15, 0.2) is 58.3 Å². The summed E-state index contributed by atoms with van der Waals surface area (Å²) in [5, 5.41) is 2.30. The first-order valence-electron chi connectivity index (χ1n) is 11.5. The van der Waals surface area contributed by atoms with Crippen molar-refractivity contribution in [1.82, 2.24) is 14.3 Å². The van der Waals surface area contributed by atoms with Gasteiger partial charge in [-0.1, -0.05) is 29.9 Å². The molecule has 4 aromatic rings. The van der Waals surface area contributed by atoms with Crippen LogP contribution in [0.3, 0.4) is 0 Å². The Balaban J connectivity index is 1.55. The standard InChI is InChI=1S/C25H26N4O3S3/c1-17-14-20-22(15-18(17)2)34-25(27-20)28(16-19-8-3-5-11-26-19)24(30)21-9-4-6-12-29(21)35(31,32)23-10-7-13-33-23/h3,5,7-8,10-11,13-15,21H,4,6,9,12,16H2,1-2H3. The van der Waals surface area contributed by atoms with Gasteiger partial charge in [0.05, 0.1) is 22.5 Å². The fourth-order valence-corrected chi connectivity index (χ4v) is 8.14. The quantitative estimate of drug-likeness (QED) is 0.347. The number of fused-ring (bicyclic) bond motifs is 1. The summed E-state index contributed by atoms with van der Waals surface area (Å²) in [6, 6.07) is 12.2. The predicted molar refractivity (Wildman–Crippen MR) is 140 cm³/mol. The lowest BCUT2D eigenvalue weighted by Gasteiger charge is -2.35. The number of amides is 1. The van der Waals surface area contributed by atoms with E-state index in [9.17, 15) is 13.2 Å². The fourth-order valence-electron chi connectivity index (χ4n) is 4.32. The highest BCUT2D eigenvalue weighted by atomic mass is 32.2. The summed E-state index contributed by atoms with van der Waals surface area (Å²) in [5.74, 6) is -0.261. The number of hydrogen-bond acceptors (Lipinski definition) is 7. The van der Waals surface area contributed by atoms with Crippen LogP contribution in [-0.2, 0) is 21.4 Å². The second kappa shape index (κ2) is 9.77. The van der Waals surface area contributed by atoms with Gasteiger partial charge in [0.25, 0.3) is 10.0 Å². The maximum atomic E-state index is 14.1. The van der Waals surface area contributed by atoms with Crippen LogP contribution in [0.5, 0.6) is 0 Å². The number of thiazole rings is 1. The SMILES string of the molecule is Cc1cc2nc(N(Cc3ccccn3)C(=O)C3CCCCN3S(=O)(=O)c3cccs3)sc2cc1C. The lowest BCUT2D eigenvalue weighted by Crippen LogP contribution is -2.52. The van der Waals surface area contributed by atoms with E-state index in [-0.39, 0.29) is 16.7 Å². The van der Waals surface area contributed by atoms with Gasteiger partial charge in [0, 0.05) is 12.7 Å². The van der Waals surface area contributed by atoms with Gasteiger partial charge in [-0.15, -0.1) is 11.3 Å². The van der Waals surface area contributed by atoms with E-state index in [1.807, 2.05) is 31.2 Å². The number of aromatic nitrogens is 2. The molecule has 1 fully saturated rings. The van der Waals surface area contributed by atoms with Crippen LogP contribution in [0.1, 0.15) is 36.1 Å². The summed E-state index contributed by atoms with van der Waals surface area (Å²) < 4.78 is 29.5. The molecule has 7 nitrogen and oxygen atoms in total. The van der Waals surface area contributed by atoms with Crippen LogP contribution in [0.4, 0.5) is 5.13 Å². The molecule has 0 radical (unpaired) electrons. The summed E-state index contributed by atoms with van der Waals surface area (Å²) in [5.41, 5.74) is 3.85. The van der Waals surface area contributed by atoms with Crippen molar-refractivity contribution in [2.45, 2.75) is 49.9 Å². The molecule has 1 saturated heterocycles. The molecule has 0 saturated carbocycles. The van der Waals surface area contributed by atoms with Gasteiger partial charge in [0.1, 0.15) is 10.3 Å². The average Bonchev–Trinajstić information content (AvgIpc) is 3.54. The van der Waals surface area contributed by atoms with Crippen molar-refractivity contribution in [2.75, 3.05) is 11.4 Å². The molecule has 1 atom stereocenters. The van der Waals surface area contributed by atoms with Gasteiger partial charge in [0.15, 0.2) is 5.13 Å². The monoisotopic (exact) mass is 526 g/mol. The third kappa shape index (κ3) is 4.75. The van der Waals surface area contributed by atoms with Gasteiger partial charge in [-0.25, -0.2) is 13.4 Å². The predicted octanol–water partition coefficient (Wildman–Crippen LogP) is 5.15. The Labute approximate surface area is 213 Å². The van der Waals surface area contributed by atoms with Gasteiger partial charge in [-0.3, -0.25) is 14.7 Å². The van der Waals surface area contributed by atoms with Crippen LogP contribution in [0, 0.1) is 13.8 Å². The van der Waals surface area contributed by atoms with Gasteiger partial charge >= 0.3 is 0 Å². The number of anilines is 1. The van der Waals surface area contributed by atoms with Crippen LogP contribution < -0.4 is 4.90 Å². The van der Waals surface area contributed by atoms with E-state index >= 15 is 0 Å². The Morgan fingerprint density at radius 3 is 2.71 bits per heavy atom. The first-order valence-corrected chi connectivity index (χ1v) is 14.6. The molecular weight excluding hydrogens is 501 g/mol. The molecule has 3 aromatic heterocycles. The summed E-state index contributed by atoms with van der Waals surface area (Å²) in [6.07, 6.45) is 3.69. The maximum Gasteiger partial charge on any atom is 0.253 e. The summed E-state index contributed by atoms with van der Waals surface area (Å²) in [4.78, 5) is 24.9. The van der Waals surface area contributed by atoms with E-state index in [4.69, 9.17) is 4.98 Å². The number of carbonyl (C=O) groups is 1. The van der Waals surface area contributed by atoms with Gasteiger partial charge in [0.2, 0.25) is 5.91 Å². The molecule has 1 aliphatic heterocycles. The Kier molecular flexibility index (Phi) is 6.71. The molecule has 0 spiro atoms. The number of aryl methyl sites for hydroxylation is 2. The largest absolute Gasteiger partial charge is 0.281 e. The highest BCUT2D eigenvalue weighted by molar-refractivity contribution is 7.91. The minimum absolute atomic E-state index is 0.223. The van der Waals surface area contributed by atoms with Crippen molar-refractivity contribution in [1.29, 1.82) is 0 Å². The van der Waals surface area contributed by atoms with Crippen molar-refractivity contribution in [2.24, 2.45) is 0 Å². The van der Waals surface area contributed by atoms with E-state index in [1.54, 1.807) is 28.6 Å². The molecule has 4 heterocycles. The molecule has 1 amide bonds. The molecule has 0 bridgehead atoms. The van der Waals surface area contributed by atoms with Crippen molar-refractivity contribution in [3.63, 3.8) is 0 Å². The Bertz CT molecular complexity index is 1410. The Hall–Kier alpha value is -2.66. The van der Waals surface area contributed by atoms with Crippen molar-refractivity contribution < 1.29 is 13.2 Å². The third-order valence-corrected chi connectivity index (χ3v) is 10.7. The van der Waals surface area contributed by atoms with Crippen LogP contribution >= 0.6 is 22.7 Å². The number of benzene rings is 1. The van der Waals surface area contributed by atoms with Gasteiger partial charge in [-0.05, 0) is 73.5 Å². The molecule has 0 N–H and O–H groups in total. The number of thiophene rings is 1. The summed E-state index contributed by atoms with van der Waals surface area (Å²) in [7, 11) is -3.77. The van der Waals surface area contributed by atoms with Crippen LogP contribution in [-0.4, -0.2) is 41.2 Å². The topological polar surface area (TPSA) is 83.5 Å². The van der Waals surface area contributed by atoms with E-state index < -0.39 is 16.1 Å². The molecule has 1 unspecified atom stereocenters. The number of hydrogen-bond donors (Lipinski definition) is 0. The first-order chi connectivity index (χ1) is 16.8. The lowest BCUT2D eigenvalue weighted by atomic mass is 10.0. The highest BCUT2D eigenvalue weighted by Crippen LogP contribution is 2.34. The second-order valence-corrected chi connectivity index (χ2v) is 12.8. The van der Waals surface area contributed by atoms with Gasteiger partial charge in [-0.2, -0.15) is 4.31 Å². The highest BCUT2D eigenvalue weighted by Gasteiger charge is 2.41. The normalized spacial score (nSPS) is 17.0. The summed E-state index contributed by atoms with van der Waals surface area (Å²) in [6.45, 7) is 4.65. The summed E-state index contributed by atoms with van der Waals surface area (Å²) >= 11 is 2.62. The minimum Gasteiger partial charge on any atom is -0.281 e. The lowest BCUT2D eigenvalue weighted by molar-refractivity contribution is -0.123. The van der Waals surface area contributed by atoms with Crippen molar-refractivity contribution >= 4 is 54.0 Å². The second-order valence-electron chi connectivity index (χ2n) is 8.71. The average molecular weight is 527 g/mol. The molecule has 35 heavy (non-hydrogen) atoms. The molecular formula is C25H26N4O3S3. The fraction of sp³-hybridized carbons (Fsp3) is 0.320. The minimum atomic E-state index is -3.77. The first kappa shape index (κ1) is 24.1. The van der Waals surface area contributed by atoms with E-state index in [0.717, 1.165) is 39.9 Å². The number of piperidine rings is 1. The van der Waals surface area contributed by atoms with Crippen molar-refractivity contribution in [3.8, 4) is 0 Å². The van der Waals surface area contributed by atoms with E-state index in [2.05, 4.69) is 18.0 Å². The molecule has 5 rings (SSSR count).